The van der Waals surface area contributed by atoms with Gasteiger partial charge in [-0.25, -0.2) is 14.2 Å². The van der Waals surface area contributed by atoms with Crippen molar-refractivity contribution < 1.29 is 18.3 Å². The number of aliphatic imine (C=N–C) groups is 1. The number of fused-ring (bicyclic) bond motifs is 1. The van der Waals surface area contributed by atoms with E-state index in [9.17, 15) is 9.18 Å². The molecule has 28 heavy (non-hydrogen) atoms. The molecule has 152 valence electrons. The Bertz CT molecular complexity index is 856. The Morgan fingerprint density at radius 2 is 2.14 bits per heavy atom. The number of hydrogen-bond donors (Lipinski definition) is 2. The van der Waals surface area contributed by atoms with Crippen LogP contribution in [0.15, 0.2) is 27.6 Å². The van der Waals surface area contributed by atoms with Crippen molar-refractivity contribution in [3.05, 3.63) is 35.3 Å². The molecule has 3 rings (SSSR count). The van der Waals surface area contributed by atoms with Crippen molar-refractivity contribution in [2.75, 3.05) is 26.7 Å². The number of aryl methyl sites for hydroxylation is 1. The second kappa shape index (κ2) is 8.95. The molecule has 0 aliphatic carbocycles. The Kier molecular flexibility index (Phi) is 6.38. The smallest absolute Gasteiger partial charge is 0.409 e. The van der Waals surface area contributed by atoms with Gasteiger partial charge in [0.15, 0.2) is 5.96 Å². The largest absolute Gasteiger partial charge is 0.459 e. The first-order valence-corrected chi connectivity index (χ1v) is 9.57. The average molecular weight is 390 g/mol. The third-order valence-corrected chi connectivity index (χ3v) is 4.99. The molecule has 1 aliphatic rings. The molecule has 2 N–H and O–H groups in total. The first-order chi connectivity index (χ1) is 13.5. The van der Waals surface area contributed by atoms with E-state index in [2.05, 4.69) is 15.6 Å². The SMILES string of the molecule is CCNC(=NCc1oc2ccc(F)cc2c1C)NC1CCN(C(=O)OC)CC1. The fourth-order valence-electron chi connectivity index (χ4n) is 3.39. The molecule has 2 heterocycles. The van der Waals surface area contributed by atoms with Crippen LogP contribution in [0.2, 0.25) is 0 Å². The highest BCUT2D eigenvalue weighted by Crippen LogP contribution is 2.26. The van der Waals surface area contributed by atoms with Gasteiger partial charge in [-0.2, -0.15) is 0 Å². The van der Waals surface area contributed by atoms with Crippen molar-refractivity contribution in [2.45, 2.75) is 39.3 Å². The van der Waals surface area contributed by atoms with Gasteiger partial charge in [-0.05, 0) is 44.9 Å². The van der Waals surface area contributed by atoms with Crippen molar-refractivity contribution in [3.8, 4) is 0 Å². The summed E-state index contributed by atoms with van der Waals surface area (Å²) in [5.41, 5.74) is 1.57. The van der Waals surface area contributed by atoms with Crippen LogP contribution in [-0.2, 0) is 11.3 Å². The van der Waals surface area contributed by atoms with Gasteiger partial charge >= 0.3 is 6.09 Å². The Labute approximate surface area is 163 Å². The van der Waals surface area contributed by atoms with Gasteiger partial charge in [-0.1, -0.05) is 0 Å². The van der Waals surface area contributed by atoms with Crippen LogP contribution in [0.5, 0.6) is 0 Å². The highest BCUT2D eigenvalue weighted by molar-refractivity contribution is 5.83. The molecule has 1 amide bonds. The van der Waals surface area contributed by atoms with E-state index in [1.54, 1.807) is 11.0 Å². The molecule has 7 nitrogen and oxygen atoms in total. The molecule has 0 atom stereocenters. The summed E-state index contributed by atoms with van der Waals surface area (Å²) < 4.78 is 24.1. The number of guanidine groups is 1. The van der Waals surface area contributed by atoms with Gasteiger partial charge in [-0.15, -0.1) is 0 Å². The standard InChI is InChI=1S/C20H27FN4O3/c1-4-22-19(24-15-7-9-25(10-8-15)20(26)27-3)23-12-18-13(2)16-11-14(21)5-6-17(16)28-18/h5-6,11,15H,4,7-10,12H2,1-3H3,(H2,22,23,24). The van der Waals surface area contributed by atoms with Crippen molar-refractivity contribution >= 4 is 23.0 Å². The van der Waals surface area contributed by atoms with Crippen LogP contribution in [0.25, 0.3) is 11.0 Å². The van der Waals surface area contributed by atoms with Crippen LogP contribution in [0, 0.1) is 12.7 Å². The van der Waals surface area contributed by atoms with E-state index in [1.807, 2.05) is 13.8 Å². The second-order valence-electron chi connectivity index (χ2n) is 6.86. The van der Waals surface area contributed by atoms with Crippen LogP contribution < -0.4 is 10.6 Å². The minimum Gasteiger partial charge on any atom is -0.459 e. The number of benzene rings is 1. The van der Waals surface area contributed by atoms with E-state index in [-0.39, 0.29) is 18.0 Å². The summed E-state index contributed by atoms with van der Waals surface area (Å²) >= 11 is 0. The minimum atomic E-state index is -0.282. The molecule has 8 heteroatoms. The molecule has 0 saturated carbocycles. The van der Waals surface area contributed by atoms with Gasteiger partial charge in [0.05, 0.1) is 7.11 Å². The monoisotopic (exact) mass is 390 g/mol. The number of ether oxygens (including phenoxy) is 1. The average Bonchev–Trinajstić information content (AvgIpc) is 3.01. The number of furan rings is 1. The topological polar surface area (TPSA) is 79.1 Å². The summed E-state index contributed by atoms with van der Waals surface area (Å²) in [7, 11) is 1.40. The van der Waals surface area contributed by atoms with E-state index in [0.29, 0.717) is 31.2 Å². The predicted molar refractivity (Wildman–Crippen MR) is 106 cm³/mol. The Morgan fingerprint density at radius 3 is 2.82 bits per heavy atom. The fraction of sp³-hybridized carbons (Fsp3) is 0.500. The van der Waals surface area contributed by atoms with Crippen molar-refractivity contribution in [1.82, 2.24) is 15.5 Å². The maximum atomic E-state index is 13.5. The summed E-state index contributed by atoms with van der Waals surface area (Å²) in [4.78, 5) is 17.9. The number of carbonyl (C=O) groups excluding carboxylic acids is 1. The molecule has 1 aromatic heterocycles. The summed E-state index contributed by atoms with van der Waals surface area (Å²) in [6.45, 7) is 6.32. The second-order valence-corrected chi connectivity index (χ2v) is 6.86. The lowest BCUT2D eigenvalue weighted by molar-refractivity contribution is 0.111. The lowest BCUT2D eigenvalue weighted by Crippen LogP contribution is -2.49. The van der Waals surface area contributed by atoms with Gasteiger partial charge in [0.2, 0.25) is 0 Å². The van der Waals surface area contributed by atoms with Crippen molar-refractivity contribution in [1.29, 1.82) is 0 Å². The van der Waals surface area contributed by atoms with Gasteiger partial charge < -0.3 is 24.7 Å². The number of halogens is 1. The highest BCUT2D eigenvalue weighted by Gasteiger charge is 2.23. The number of carbonyl (C=O) groups is 1. The van der Waals surface area contributed by atoms with E-state index in [1.165, 1.54) is 19.2 Å². The van der Waals surface area contributed by atoms with E-state index in [0.717, 1.165) is 36.1 Å². The molecular formula is C20H27FN4O3. The molecule has 1 fully saturated rings. The molecule has 0 unspecified atom stereocenters. The van der Waals surface area contributed by atoms with Crippen LogP contribution >= 0.6 is 0 Å². The molecule has 0 bridgehead atoms. The van der Waals surface area contributed by atoms with Crippen LogP contribution in [0.4, 0.5) is 9.18 Å². The van der Waals surface area contributed by atoms with E-state index in [4.69, 9.17) is 9.15 Å². The number of likely N-dealkylation sites (tertiary alicyclic amines) is 1. The van der Waals surface area contributed by atoms with Crippen LogP contribution in [0.3, 0.4) is 0 Å². The highest BCUT2D eigenvalue weighted by atomic mass is 19.1. The first kappa shape index (κ1) is 20.0. The lowest BCUT2D eigenvalue weighted by Gasteiger charge is -2.32. The number of piperidine rings is 1. The fourth-order valence-corrected chi connectivity index (χ4v) is 3.39. The van der Waals surface area contributed by atoms with Gasteiger partial charge in [0.25, 0.3) is 0 Å². The molecule has 1 aromatic carbocycles. The lowest BCUT2D eigenvalue weighted by atomic mass is 10.1. The summed E-state index contributed by atoms with van der Waals surface area (Å²) in [5, 5.41) is 7.44. The zero-order valence-electron chi connectivity index (χ0n) is 16.5. The molecule has 2 aromatic rings. The Hall–Kier alpha value is -2.77. The summed E-state index contributed by atoms with van der Waals surface area (Å²) in [6, 6.07) is 4.75. The first-order valence-electron chi connectivity index (χ1n) is 9.57. The predicted octanol–water partition coefficient (Wildman–Crippen LogP) is 3.17. The van der Waals surface area contributed by atoms with Gasteiger partial charge in [0.1, 0.15) is 23.7 Å². The Balaban J connectivity index is 1.65. The summed E-state index contributed by atoms with van der Waals surface area (Å²) in [6.07, 6.45) is 1.36. The van der Waals surface area contributed by atoms with Crippen LogP contribution in [-0.4, -0.2) is 49.7 Å². The number of nitrogens with zero attached hydrogens (tertiary/aromatic N) is 2. The molecular weight excluding hydrogens is 363 g/mol. The third kappa shape index (κ3) is 4.55. The maximum Gasteiger partial charge on any atom is 0.409 e. The van der Waals surface area contributed by atoms with E-state index >= 15 is 0 Å². The normalized spacial score (nSPS) is 15.7. The summed E-state index contributed by atoms with van der Waals surface area (Å²) in [5.74, 6) is 1.14. The van der Waals surface area contributed by atoms with Crippen molar-refractivity contribution in [2.24, 2.45) is 4.99 Å². The number of hydrogen-bond acceptors (Lipinski definition) is 4. The molecule has 0 spiro atoms. The zero-order chi connectivity index (χ0) is 20.1. The third-order valence-electron chi connectivity index (χ3n) is 4.99. The number of nitrogens with one attached hydrogen (secondary N) is 2. The van der Waals surface area contributed by atoms with Gasteiger partial charge in [0, 0.05) is 36.6 Å². The molecule has 0 radical (unpaired) electrons. The number of amides is 1. The minimum absolute atomic E-state index is 0.226. The quantitative estimate of drug-likeness (QED) is 0.619. The van der Waals surface area contributed by atoms with E-state index < -0.39 is 0 Å². The van der Waals surface area contributed by atoms with Gasteiger partial charge in [-0.3, -0.25) is 0 Å². The molecule has 1 aliphatic heterocycles. The zero-order valence-corrected chi connectivity index (χ0v) is 16.5. The van der Waals surface area contributed by atoms with Crippen molar-refractivity contribution in [3.63, 3.8) is 0 Å². The maximum absolute atomic E-state index is 13.5. The molecule has 1 saturated heterocycles. The number of methoxy groups -OCH3 is 1. The Morgan fingerprint density at radius 1 is 1.39 bits per heavy atom. The van der Waals surface area contributed by atoms with Crippen LogP contribution in [0.1, 0.15) is 31.1 Å². The number of rotatable bonds is 4.